The first kappa shape index (κ1) is 32.1. The normalized spacial score (nSPS) is 16.1. The molecule has 1 heterocycles. The molecule has 3 aromatic rings. The van der Waals surface area contributed by atoms with Gasteiger partial charge in [-0.15, -0.1) is 24.8 Å². The predicted molar refractivity (Wildman–Crippen MR) is 161 cm³/mol. The SMILES string of the molecule is Cc1cccc(Oc2ccc(C(=O)N[C@H](CN3CCN(c4cccc(O)c4)[C@@H](C)C3)C(C)C)cc2)c1O.Cl.Cl. The number of anilines is 1. The van der Waals surface area contributed by atoms with Gasteiger partial charge >= 0.3 is 0 Å². The first-order chi connectivity index (χ1) is 17.7. The molecule has 212 valence electrons. The highest BCUT2D eigenvalue weighted by Crippen LogP contribution is 2.33. The Balaban J connectivity index is 0.00000267. The topological polar surface area (TPSA) is 85.3 Å². The van der Waals surface area contributed by atoms with E-state index in [0.29, 0.717) is 23.1 Å². The number of amides is 1. The average molecular weight is 577 g/mol. The number of rotatable bonds is 8. The fourth-order valence-electron chi connectivity index (χ4n) is 4.72. The van der Waals surface area contributed by atoms with Crippen LogP contribution in [0.2, 0.25) is 0 Å². The van der Waals surface area contributed by atoms with Crippen molar-refractivity contribution in [3.05, 3.63) is 77.9 Å². The Kier molecular flexibility index (Phi) is 11.8. The zero-order chi connectivity index (χ0) is 26.5. The Labute approximate surface area is 243 Å². The van der Waals surface area contributed by atoms with Crippen LogP contribution < -0.4 is 15.0 Å². The van der Waals surface area contributed by atoms with E-state index in [1.165, 1.54) is 0 Å². The molecule has 0 saturated carbocycles. The summed E-state index contributed by atoms with van der Waals surface area (Å²) in [6, 6.07) is 20.0. The Morgan fingerprint density at radius 3 is 2.36 bits per heavy atom. The van der Waals surface area contributed by atoms with Gasteiger partial charge in [-0.2, -0.15) is 0 Å². The summed E-state index contributed by atoms with van der Waals surface area (Å²) in [5, 5.41) is 23.3. The van der Waals surface area contributed by atoms with Crippen LogP contribution >= 0.6 is 24.8 Å². The highest BCUT2D eigenvalue weighted by atomic mass is 35.5. The van der Waals surface area contributed by atoms with E-state index in [1.807, 2.05) is 37.3 Å². The minimum Gasteiger partial charge on any atom is -0.508 e. The number of hydrogen-bond acceptors (Lipinski definition) is 6. The number of phenols is 2. The molecule has 39 heavy (non-hydrogen) atoms. The molecule has 1 saturated heterocycles. The van der Waals surface area contributed by atoms with Gasteiger partial charge in [-0.3, -0.25) is 9.69 Å². The standard InChI is InChI=1S/C30H37N3O4.2ClH/c1-20(2)27(19-32-15-16-33(22(4)18-32)24-8-6-9-25(34)17-24)31-30(36)23-11-13-26(14-12-23)37-28-10-5-7-21(3)29(28)35;;/h5-14,17,20,22,27,34-35H,15-16,18-19H2,1-4H3,(H,31,36);2*1H/t22-,27+;;/m0../s1. The second kappa shape index (κ2) is 14.3. The molecule has 1 aliphatic rings. The van der Waals surface area contributed by atoms with Gasteiger partial charge in [0, 0.05) is 55.6 Å². The van der Waals surface area contributed by atoms with E-state index < -0.39 is 0 Å². The van der Waals surface area contributed by atoms with Gasteiger partial charge in [-0.1, -0.05) is 32.0 Å². The molecule has 0 aliphatic carbocycles. The molecular formula is C30H39Cl2N3O4. The van der Waals surface area contributed by atoms with E-state index in [9.17, 15) is 15.0 Å². The third-order valence-corrected chi connectivity index (χ3v) is 6.99. The molecule has 9 heteroatoms. The summed E-state index contributed by atoms with van der Waals surface area (Å²) >= 11 is 0. The number of carbonyl (C=O) groups is 1. The number of carbonyl (C=O) groups excluding carboxylic acids is 1. The molecule has 1 amide bonds. The predicted octanol–water partition coefficient (Wildman–Crippen LogP) is 6.01. The number of hydrogen-bond donors (Lipinski definition) is 3. The Bertz CT molecular complexity index is 1220. The molecule has 3 N–H and O–H groups in total. The molecule has 4 rings (SSSR count). The van der Waals surface area contributed by atoms with Crippen LogP contribution in [0.15, 0.2) is 66.7 Å². The zero-order valence-corrected chi connectivity index (χ0v) is 24.5. The van der Waals surface area contributed by atoms with Crippen molar-refractivity contribution >= 4 is 36.4 Å². The molecule has 0 radical (unpaired) electrons. The maximum Gasteiger partial charge on any atom is 0.251 e. The summed E-state index contributed by atoms with van der Waals surface area (Å²) in [5.74, 6) is 1.49. The van der Waals surface area contributed by atoms with E-state index in [2.05, 4.69) is 35.9 Å². The number of benzene rings is 3. The molecular weight excluding hydrogens is 537 g/mol. The van der Waals surface area contributed by atoms with E-state index in [-0.39, 0.29) is 54.2 Å². The summed E-state index contributed by atoms with van der Waals surface area (Å²) in [5.41, 5.74) is 2.34. The Hall–Kier alpha value is -3.13. The Morgan fingerprint density at radius 2 is 1.72 bits per heavy atom. The van der Waals surface area contributed by atoms with Crippen LogP contribution in [-0.2, 0) is 0 Å². The summed E-state index contributed by atoms with van der Waals surface area (Å²) in [6.45, 7) is 11.7. The quantitative estimate of drug-likeness (QED) is 0.305. The third kappa shape index (κ3) is 8.18. The van der Waals surface area contributed by atoms with Crippen molar-refractivity contribution in [3.8, 4) is 23.0 Å². The van der Waals surface area contributed by atoms with E-state index in [0.717, 1.165) is 37.4 Å². The van der Waals surface area contributed by atoms with Crippen molar-refractivity contribution in [2.24, 2.45) is 5.92 Å². The van der Waals surface area contributed by atoms with Crippen molar-refractivity contribution in [2.75, 3.05) is 31.1 Å². The van der Waals surface area contributed by atoms with Gasteiger partial charge < -0.3 is 25.2 Å². The van der Waals surface area contributed by atoms with Gasteiger partial charge in [-0.05, 0) is 67.8 Å². The minimum atomic E-state index is -0.116. The summed E-state index contributed by atoms with van der Waals surface area (Å²) in [6.07, 6.45) is 0. The first-order valence-electron chi connectivity index (χ1n) is 12.9. The summed E-state index contributed by atoms with van der Waals surface area (Å²) < 4.78 is 5.80. The number of nitrogens with one attached hydrogen (secondary N) is 1. The van der Waals surface area contributed by atoms with Crippen LogP contribution in [0, 0.1) is 12.8 Å². The molecule has 0 aromatic heterocycles. The number of nitrogens with zero attached hydrogens (tertiary/aromatic N) is 2. The smallest absolute Gasteiger partial charge is 0.251 e. The van der Waals surface area contributed by atoms with Gasteiger partial charge in [0.1, 0.15) is 11.5 Å². The van der Waals surface area contributed by atoms with Gasteiger partial charge in [-0.25, -0.2) is 0 Å². The van der Waals surface area contributed by atoms with Crippen LogP contribution in [0.1, 0.15) is 36.7 Å². The molecule has 3 aromatic carbocycles. The molecule has 0 spiro atoms. The number of piperazine rings is 1. The van der Waals surface area contributed by atoms with Gasteiger partial charge in [0.2, 0.25) is 0 Å². The lowest BCUT2D eigenvalue weighted by Gasteiger charge is -2.42. The summed E-state index contributed by atoms with van der Waals surface area (Å²) in [7, 11) is 0. The van der Waals surface area contributed by atoms with E-state index in [1.54, 1.807) is 36.4 Å². The van der Waals surface area contributed by atoms with Gasteiger partial charge in [0.05, 0.1) is 0 Å². The van der Waals surface area contributed by atoms with Crippen LogP contribution in [0.4, 0.5) is 5.69 Å². The highest BCUT2D eigenvalue weighted by molar-refractivity contribution is 5.94. The molecule has 0 bridgehead atoms. The highest BCUT2D eigenvalue weighted by Gasteiger charge is 2.27. The lowest BCUT2D eigenvalue weighted by Crippen LogP contribution is -2.56. The number of aromatic hydroxyl groups is 2. The maximum atomic E-state index is 13.1. The van der Waals surface area contributed by atoms with Crippen LogP contribution in [-0.4, -0.2) is 59.3 Å². The fourth-order valence-corrected chi connectivity index (χ4v) is 4.72. The lowest BCUT2D eigenvalue weighted by atomic mass is 10.0. The van der Waals surface area contributed by atoms with Gasteiger partial charge in [0.15, 0.2) is 11.5 Å². The Morgan fingerprint density at radius 1 is 1.03 bits per heavy atom. The van der Waals surface area contributed by atoms with Crippen molar-refractivity contribution in [3.63, 3.8) is 0 Å². The average Bonchev–Trinajstić information content (AvgIpc) is 2.87. The third-order valence-electron chi connectivity index (χ3n) is 6.99. The molecule has 2 atom stereocenters. The van der Waals surface area contributed by atoms with Gasteiger partial charge in [0.25, 0.3) is 5.91 Å². The van der Waals surface area contributed by atoms with E-state index >= 15 is 0 Å². The van der Waals surface area contributed by atoms with Crippen molar-refractivity contribution < 1.29 is 19.7 Å². The molecule has 1 fully saturated rings. The number of para-hydroxylation sites is 1. The van der Waals surface area contributed by atoms with Crippen molar-refractivity contribution in [1.82, 2.24) is 10.2 Å². The minimum absolute atomic E-state index is 0. The monoisotopic (exact) mass is 575 g/mol. The zero-order valence-electron chi connectivity index (χ0n) is 22.8. The van der Waals surface area contributed by atoms with Crippen LogP contribution in [0.3, 0.4) is 0 Å². The van der Waals surface area contributed by atoms with E-state index in [4.69, 9.17) is 4.74 Å². The van der Waals surface area contributed by atoms with Crippen molar-refractivity contribution in [1.29, 1.82) is 0 Å². The first-order valence-corrected chi connectivity index (χ1v) is 12.9. The second-order valence-electron chi connectivity index (χ2n) is 10.2. The molecule has 7 nitrogen and oxygen atoms in total. The number of phenolic OH excluding ortho intramolecular Hbond substituents is 2. The maximum absolute atomic E-state index is 13.1. The summed E-state index contributed by atoms with van der Waals surface area (Å²) in [4.78, 5) is 17.8. The van der Waals surface area contributed by atoms with Crippen molar-refractivity contribution in [2.45, 2.75) is 39.8 Å². The number of aryl methyl sites for hydroxylation is 1. The number of ether oxygens (including phenoxy) is 1. The number of halogens is 2. The van der Waals surface area contributed by atoms with Crippen LogP contribution in [0.25, 0.3) is 0 Å². The fraction of sp³-hybridized carbons (Fsp3) is 0.367. The molecule has 1 aliphatic heterocycles. The van der Waals surface area contributed by atoms with Crippen LogP contribution in [0.5, 0.6) is 23.0 Å². The largest absolute Gasteiger partial charge is 0.508 e. The molecule has 0 unspecified atom stereocenters. The lowest BCUT2D eigenvalue weighted by molar-refractivity contribution is 0.0903. The second-order valence-corrected chi connectivity index (χ2v) is 10.2.